The van der Waals surface area contributed by atoms with Crippen LogP contribution in [0.3, 0.4) is 0 Å². The summed E-state index contributed by atoms with van der Waals surface area (Å²) in [5.74, 6) is -0.879. The van der Waals surface area contributed by atoms with Gasteiger partial charge in [0.15, 0.2) is 0 Å². The van der Waals surface area contributed by atoms with Crippen LogP contribution in [0.25, 0.3) is 0 Å². The number of carbonyl (C=O) groups is 1. The standard InChI is InChI=1S/C18H18Cl2FNO2/c1-11(14-8-17(21)16(20)9-15(14)19)22-18(23)12(2)24-10-13-6-4-3-5-7-13/h3-9,11-12H,10H2,1-2H3,(H,22,23). The summed E-state index contributed by atoms with van der Waals surface area (Å²) in [6.45, 7) is 3.71. The number of carbonyl (C=O) groups excluding carboxylic acids is 1. The van der Waals surface area contributed by atoms with E-state index < -0.39 is 18.0 Å². The Kier molecular flexibility index (Phi) is 6.60. The van der Waals surface area contributed by atoms with E-state index in [4.69, 9.17) is 27.9 Å². The number of benzene rings is 2. The van der Waals surface area contributed by atoms with Gasteiger partial charge in [0, 0.05) is 5.02 Å². The topological polar surface area (TPSA) is 38.3 Å². The number of halogens is 3. The van der Waals surface area contributed by atoms with Crippen molar-refractivity contribution in [3.05, 3.63) is 69.5 Å². The number of ether oxygens (including phenoxy) is 1. The molecule has 0 saturated carbocycles. The largest absolute Gasteiger partial charge is 0.364 e. The van der Waals surface area contributed by atoms with Crippen molar-refractivity contribution in [2.45, 2.75) is 32.6 Å². The van der Waals surface area contributed by atoms with Crippen molar-refractivity contribution in [2.24, 2.45) is 0 Å². The average Bonchev–Trinajstić information content (AvgIpc) is 2.56. The molecule has 2 atom stereocenters. The summed E-state index contributed by atoms with van der Waals surface area (Å²) in [5.41, 5.74) is 1.44. The molecule has 0 fully saturated rings. The minimum Gasteiger partial charge on any atom is -0.364 e. The highest BCUT2D eigenvalue weighted by atomic mass is 35.5. The van der Waals surface area contributed by atoms with E-state index in [0.717, 1.165) is 5.56 Å². The van der Waals surface area contributed by atoms with Gasteiger partial charge in [-0.3, -0.25) is 4.79 Å². The third kappa shape index (κ3) is 4.94. The van der Waals surface area contributed by atoms with Gasteiger partial charge in [-0.15, -0.1) is 0 Å². The molecule has 2 aromatic rings. The number of hydrogen-bond acceptors (Lipinski definition) is 2. The van der Waals surface area contributed by atoms with Gasteiger partial charge in [0.1, 0.15) is 11.9 Å². The smallest absolute Gasteiger partial charge is 0.249 e. The maximum absolute atomic E-state index is 13.6. The zero-order chi connectivity index (χ0) is 17.7. The van der Waals surface area contributed by atoms with Crippen molar-refractivity contribution >= 4 is 29.1 Å². The van der Waals surface area contributed by atoms with Gasteiger partial charge in [0.05, 0.1) is 17.7 Å². The van der Waals surface area contributed by atoms with Crippen molar-refractivity contribution in [1.29, 1.82) is 0 Å². The second-order valence-corrected chi connectivity index (χ2v) is 6.27. The highest BCUT2D eigenvalue weighted by Gasteiger charge is 2.19. The molecule has 0 saturated heterocycles. The van der Waals surface area contributed by atoms with Gasteiger partial charge < -0.3 is 10.1 Å². The molecule has 24 heavy (non-hydrogen) atoms. The minimum absolute atomic E-state index is 0.0539. The number of nitrogens with one attached hydrogen (secondary N) is 1. The molecule has 0 bridgehead atoms. The molecular weight excluding hydrogens is 352 g/mol. The molecule has 1 N–H and O–H groups in total. The van der Waals surface area contributed by atoms with Crippen LogP contribution in [-0.2, 0) is 16.1 Å². The fourth-order valence-corrected chi connectivity index (χ4v) is 2.70. The molecule has 6 heteroatoms. The summed E-state index contributed by atoms with van der Waals surface area (Å²) in [6.07, 6.45) is -0.649. The summed E-state index contributed by atoms with van der Waals surface area (Å²) in [5, 5.41) is 3.01. The Morgan fingerprint density at radius 1 is 1.17 bits per heavy atom. The fourth-order valence-electron chi connectivity index (χ4n) is 2.15. The van der Waals surface area contributed by atoms with Crippen LogP contribution in [0.1, 0.15) is 31.0 Å². The van der Waals surface area contributed by atoms with Crippen LogP contribution in [0.4, 0.5) is 4.39 Å². The van der Waals surface area contributed by atoms with Gasteiger partial charge in [0.2, 0.25) is 5.91 Å². The van der Waals surface area contributed by atoms with Crippen molar-refractivity contribution < 1.29 is 13.9 Å². The molecule has 3 nitrogen and oxygen atoms in total. The summed E-state index contributed by atoms with van der Waals surface area (Å²) >= 11 is 11.7. The van der Waals surface area contributed by atoms with E-state index >= 15 is 0 Å². The van der Waals surface area contributed by atoms with E-state index in [9.17, 15) is 9.18 Å². The Morgan fingerprint density at radius 3 is 2.50 bits per heavy atom. The average molecular weight is 370 g/mol. The lowest BCUT2D eigenvalue weighted by molar-refractivity contribution is -0.133. The first-order valence-corrected chi connectivity index (χ1v) is 8.24. The maximum atomic E-state index is 13.6. The first-order valence-electron chi connectivity index (χ1n) is 7.49. The Labute approximate surface area is 150 Å². The molecule has 2 unspecified atom stereocenters. The lowest BCUT2D eigenvalue weighted by Crippen LogP contribution is -2.36. The molecule has 1 amide bonds. The van der Waals surface area contributed by atoms with Gasteiger partial charge >= 0.3 is 0 Å². The van der Waals surface area contributed by atoms with Gasteiger partial charge in [-0.1, -0.05) is 53.5 Å². The van der Waals surface area contributed by atoms with Crippen LogP contribution in [-0.4, -0.2) is 12.0 Å². The van der Waals surface area contributed by atoms with Gasteiger partial charge in [-0.25, -0.2) is 4.39 Å². The van der Waals surface area contributed by atoms with E-state index in [1.807, 2.05) is 30.3 Å². The van der Waals surface area contributed by atoms with Gasteiger partial charge in [-0.2, -0.15) is 0 Å². The van der Waals surface area contributed by atoms with Gasteiger partial charge in [0.25, 0.3) is 0 Å². The highest BCUT2D eigenvalue weighted by molar-refractivity contribution is 6.35. The summed E-state index contributed by atoms with van der Waals surface area (Å²) < 4.78 is 19.2. The van der Waals surface area contributed by atoms with Crippen molar-refractivity contribution in [3.63, 3.8) is 0 Å². The Hall–Kier alpha value is -1.62. The molecule has 0 aliphatic rings. The Balaban J connectivity index is 1.94. The van der Waals surface area contributed by atoms with Crippen LogP contribution in [0.15, 0.2) is 42.5 Å². The predicted octanol–water partition coefficient (Wildman–Crippen LogP) is 4.92. The van der Waals surface area contributed by atoms with Crippen molar-refractivity contribution in [1.82, 2.24) is 5.32 Å². The monoisotopic (exact) mass is 369 g/mol. The molecule has 128 valence electrons. The molecule has 0 heterocycles. The van der Waals surface area contributed by atoms with E-state index in [0.29, 0.717) is 17.2 Å². The summed E-state index contributed by atoms with van der Waals surface area (Å²) in [7, 11) is 0. The Morgan fingerprint density at radius 2 is 1.83 bits per heavy atom. The SMILES string of the molecule is CC(OCc1ccccc1)C(=O)NC(C)c1cc(F)c(Cl)cc1Cl. The van der Waals surface area contributed by atoms with Crippen LogP contribution in [0.5, 0.6) is 0 Å². The van der Waals surface area contributed by atoms with Gasteiger partial charge in [-0.05, 0) is 37.1 Å². The van der Waals surface area contributed by atoms with Crippen molar-refractivity contribution in [3.8, 4) is 0 Å². The molecule has 0 spiro atoms. The van der Waals surface area contributed by atoms with Crippen LogP contribution >= 0.6 is 23.2 Å². The molecule has 2 aromatic carbocycles. The fraction of sp³-hybridized carbons (Fsp3) is 0.278. The summed E-state index contributed by atoms with van der Waals surface area (Å²) in [4.78, 5) is 12.2. The van der Waals surface area contributed by atoms with Crippen LogP contribution < -0.4 is 5.32 Å². The molecular formula is C18H18Cl2FNO2. The lowest BCUT2D eigenvalue weighted by Gasteiger charge is -2.19. The first-order chi connectivity index (χ1) is 11.4. The zero-order valence-corrected chi connectivity index (χ0v) is 14.9. The molecule has 0 aromatic heterocycles. The lowest BCUT2D eigenvalue weighted by atomic mass is 10.1. The van der Waals surface area contributed by atoms with E-state index in [1.165, 1.54) is 12.1 Å². The second-order valence-electron chi connectivity index (χ2n) is 5.46. The first kappa shape index (κ1) is 18.7. The van der Waals surface area contributed by atoms with E-state index in [-0.39, 0.29) is 10.9 Å². The van der Waals surface area contributed by atoms with E-state index in [1.54, 1.807) is 13.8 Å². The minimum atomic E-state index is -0.649. The Bertz CT molecular complexity index is 710. The van der Waals surface area contributed by atoms with Crippen LogP contribution in [0.2, 0.25) is 10.0 Å². The molecule has 0 aliphatic heterocycles. The second kappa shape index (κ2) is 8.47. The summed E-state index contributed by atoms with van der Waals surface area (Å²) in [6, 6.07) is 11.6. The number of rotatable bonds is 6. The van der Waals surface area contributed by atoms with E-state index in [2.05, 4.69) is 5.32 Å². The third-order valence-electron chi connectivity index (χ3n) is 3.58. The normalized spacial score (nSPS) is 13.4. The molecule has 2 rings (SSSR count). The molecule has 0 radical (unpaired) electrons. The van der Waals surface area contributed by atoms with Crippen molar-refractivity contribution in [2.75, 3.05) is 0 Å². The number of hydrogen-bond donors (Lipinski definition) is 1. The predicted molar refractivity (Wildman–Crippen MR) is 93.7 cm³/mol. The molecule has 0 aliphatic carbocycles. The highest BCUT2D eigenvalue weighted by Crippen LogP contribution is 2.28. The number of amides is 1. The third-order valence-corrected chi connectivity index (χ3v) is 4.19. The quantitative estimate of drug-likeness (QED) is 0.734. The maximum Gasteiger partial charge on any atom is 0.249 e. The van der Waals surface area contributed by atoms with Crippen LogP contribution in [0, 0.1) is 5.82 Å². The zero-order valence-electron chi connectivity index (χ0n) is 13.4.